The number of carboxylic acids is 1. The minimum absolute atomic E-state index is 0.283. The molecule has 1 rings (SSSR count). The third kappa shape index (κ3) is 3.80. The summed E-state index contributed by atoms with van der Waals surface area (Å²) >= 11 is 5.24. The van der Waals surface area contributed by atoms with E-state index in [2.05, 4.69) is 28.9 Å². The first-order valence-corrected chi connectivity index (χ1v) is 6.17. The summed E-state index contributed by atoms with van der Waals surface area (Å²) in [7, 11) is 0. The summed E-state index contributed by atoms with van der Waals surface area (Å²) in [6.07, 6.45) is 3.00. The van der Waals surface area contributed by atoms with Gasteiger partial charge in [0.05, 0.1) is 0 Å². The highest BCUT2D eigenvalue weighted by Crippen LogP contribution is 2.27. The van der Waals surface area contributed by atoms with Gasteiger partial charge >= 0.3 is 5.97 Å². The van der Waals surface area contributed by atoms with Crippen LogP contribution in [-0.4, -0.2) is 11.1 Å². The molecule has 1 N–H and O–H groups in total. The number of carboxylic acid groups (broad SMARTS) is 1. The minimum atomic E-state index is -0.700. The molecule has 0 atom stereocenters. The molecule has 78 valence electrons. The van der Waals surface area contributed by atoms with Crippen molar-refractivity contribution in [3.63, 3.8) is 0 Å². The molecule has 0 radical (unpaired) electrons. The van der Waals surface area contributed by atoms with Crippen LogP contribution in [0.1, 0.15) is 29.0 Å². The fourth-order valence-electron chi connectivity index (χ4n) is 1.22. The van der Waals surface area contributed by atoms with Crippen molar-refractivity contribution >= 4 is 33.2 Å². The summed E-state index contributed by atoms with van der Waals surface area (Å²) in [5.41, 5.74) is 0. The SMILES string of the molecule is Cc1sc(CCCCC(=O)O)cc1Br. The van der Waals surface area contributed by atoms with E-state index in [-0.39, 0.29) is 6.42 Å². The molecule has 1 aromatic rings. The molecule has 1 aromatic heterocycles. The van der Waals surface area contributed by atoms with Crippen LogP contribution >= 0.6 is 27.3 Å². The normalized spacial score (nSPS) is 10.4. The standard InChI is InChI=1S/C10H13BrO2S/c1-7-9(11)6-8(14-7)4-2-3-5-10(12)13/h6H,2-5H2,1H3,(H,12,13). The topological polar surface area (TPSA) is 37.3 Å². The van der Waals surface area contributed by atoms with Crippen molar-refractivity contribution in [2.75, 3.05) is 0 Å². The second-order valence-electron chi connectivity index (χ2n) is 3.22. The van der Waals surface area contributed by atoms with Gasteiger partial charge in [0, 0.05) is 20.6 Å². The highest BCUT2D eigenvalue weighted by Gasteiger charge is 2.03. The molecule has 0 aliphatic carbocycles. The summed E-state index contributed by atoms with van der Waals surface area (Å²) in [5, 5.41) is 8.45. The number of halogens is 1. The quantitative estimate of drug-likeness (QED) is 0.835. The molecule has 4 heteroatoms. The summed E-state index contributed by atoms with van der Waals surface area (Å²) in [4.78, 5) is 12.9. The van der Waals surface area contributed by atoms with E-state index in [1.165, 1.54) is 9.75 Å². The Morgan fingerprint density at radius 3 is 2.79 bits per heavy atom. The van der Waals surface area contributed by atoms with E-state index in [9.17, 15) is 4.79 Å². The maximum atomic E-state index is 10.3. The van der Waals surface area contributed by atoms with Crippen molar-refractivity contribution in [3.8, 4) is 0 Å². The fourth-order valence-corrected chi connectivity index (χ4v) is 2.86. The predicted molar refractivity (Wildman–Crippen MR) is 61.9 cm³/mol. The van der Waals surface area contributed by atoms with Crippen LogP contribution < -0.4 is 0 Å². The van der Waals surface area contributed by atoms with Crippen LogP contribution in [0.15, 0.2) is 10.5 Å². The van der Waals surface area contributed by atoms with Crippen LogP contribution in [0.3, 0.4) is 0 Å². The van der Waals surface area contributed by atoms with Crippen molar-refractivity contribution < 1.29 is 9.90 Å². The first kappa shape index (κ1) is 11.7. The highest BCUT2D eigenvalue weighted by molar-refractivity contribution is 9.10. The zero-order valence-electron chi connectivity index (χ0n) is 8.05. The van der Waals surface area contributed by atoms with Crippen LogP contribution in [0.5, 0.6) is 0 Å². The second-order valence-corrected chi connectivity index (χ2v) is 5.41. The number of aryl methyl sites for hydroxylation is 2. The van der Waals surface area contributed by atoms with Gasteiger partial charge in [-0.25, -0.2) is 0 Å². The lowest BCUT2D eigenvalue weighted by Crippen LogP contribution is -1.94. The van der Waals surface area contributed by atoms with Crippen LogP contribution in [0.4, 0.5) is 0 Å². The Morgan fingerprint density at radius 1 is 1.57 bits per heavy atom. The van der Waals surface area contributed by atoms with Crippen LogP contribution in [-0.2, 0) is 11.2 Å². The molecule has 0 aliphatic rings. The highest BCUT2D eigenvalue weighted by atomic mass is 79.9. The number of aliphatic carboxylic acids is 1. The number of hydrogen-bond donors (Lipinski definition) is 1. The van der Waals surface area contributed by atoms with Gasteiger partial charge in [0.1, 0.15) is 0 Å². The van der Waals surface area contributed by atoms with E-state index in [0.717, 1.165) is 23.7 Å². The Hall–Kier alpha value is -0.350. The smallest absolute Gasteiger partial charge is 0.303 e. The van der Waals surface area contributed by atoms with E-state index < -0.39 is 5.97 Å². The number of rotatable bonds is 5. The summed E-state index contributed by atoms with van der Waals surface area (Å²) < 4.78 is 1.16. The van der Waals surface area contributed by atoms with Crippen LogP contribution in [0.25, 0.3) is 0 Å². The lowest BCUT2D eigenvalue weighted by Gasteiger charge is -1.95. The van der Waals surface area contributed by atoms with Gasteiger partial charge in [0.2, 0.25) is 0 Å². The number of hydrogen-bond acceptors (Lipinski definition) is 2. The lowest BCUT2D eigenvalue weighted by molar-refractivity contribution is -0.137. The number of unbranched alkanes of at least 4 members (excludes halogenated alkanes) is 1. The molecule has 2 nitrogen and oxygen atoms in total. The molecule has 0 aliphatic heterocycles. The monoisotopic (exact) mass is 276 g/mol. The fraction of sp³-hybridized carbons (Fsp3) is 0.500. The van der Waals surface area contributed by atoms with Crippen molar-refractivity contribution in [2.45, 2.75) is 32.6 Å². The number of thiophene rings is 1. The Labute approximate surface area is 96.1 Å². The van der Waals surface area contributed by atoms with Crippen LogP contribution in [0, 0.1) is 6.92 Å². The third-order valence-corrected chi connectivity index (χ3v) is 4.17. The van der Waals surface area contributed by atoms with E-state index in [1.54, 1.807) is 11.3 Å². The van der Waals surface area contributed by atoms with E-state index >= 15 is 0 Å². The van der Waals surface area contributed by atoms with Gasteiger partial charge in [-0.1, -0.05) is 0 Å². The molecule has 14 heavy (non-hydrogen) atoms. The largest absolute Gasteiger partial charge is 0.481 e. The molecular weight excluding hydrogens is 264 g/mol. The van der Waals surface area contributed by atoms with Crippen LogP contribution in [0.2, 0.25) is 0 Å². The molecule has 0 spiro atoms. The molecule has 0 amide bonds. The Balaban J connectivity index is 2.28. The maximum Gasteiger partial charge on any atom is 0.303 e. The van der Waals surface area contributed by atoms with E-state index in [4.69, 9.17) is 5.11 Å². The summed E-state index contributed by atoms with van der Waals surface area (Å²) in [5.74, 6) is -0.700. The molecule has 0 saturated heterocycles. The number of carbonyl (C=O) groups is 1. The Kier molecular flexibility index (Phi) is 4.62. The van der Waals surface area contributed by atoms with Gasteiger partial charge in [0.15, 0.2) is 0 Å². The molecule has 1 heterocycles. The van der Waals surface area contributed by atoms with E-state index in [1.807, 2.05) is 0 Å². The van der Waals surface area contributed by atoms with Gasteiger partial charge in [-0.3, -0.25) is 4.79 Å². The van der Waals surface area contributed by atoms with Gasteiger partial charge in [-0.05, 0) is 48.2 Å². The van der Waals surface area contributed by atoms with Gasteiger partial charge in [-0.2, -0.15) is 0 Å². The van der Waals surface area contributed by atoms with Crippen molar-refractivity contribution in [3.05, 3.63) is 20.3 Å². The van der Waals surface area contributed by atoms with Gasteiger partial charge in [0.25, 0.3) is 0 Å². The second kappa shape index (κ2) is 5.51. The van der Waals surface area contributed by atoms with E-state index in [0.29, 0.717) is 0 Å². The Morgan fingerprint density at radius 2 is 2.29 bits per heavy atom. The molecule has 0 fully saturated rings. The van der Waals surface area contributed by atoms with Crippen molar-refractivity contribution in [1.29, 1.82) is 0 Å². The third-order valence-electron chi connectivity index (χ3n) is 1.97. The predicted octanol–water partition coefficient (Wildman–Crippen LogP) is 3.62. The Bertz CT molecular complexity index is 300. The summed E-state index contributed by atoms with van der Waals surface area (Å²) in [6.45, 7) is 2.08. The molecule has 0 bridgehead atoms. The minimum Gasteiger partial charge on any atom is -0.481 e. The average Bonchev–Trinajstić information content (AvgIpc) is 2.40. The molecule has 0 saturated carbocycles. The maximum absolute atomic E-state index is 10.3. The molecule has 0 aromatic carbocycles. The molecular formula is C10H13BrO2S. The van der Waals surface area contributed by atoms with Crippen molar-refractivity contribution in [2.24, 2.45) is 0 Å². The average molecular weight is 277 g/mol. The zero-order valence-corrected chi connectivity index (χ0v) is 10.4. The lowest BCUT2D eigenvalue weighted by atomic mass is 10.2. The zero-order chi connectivity index (χ0) is 10.6. The van der Waals surface area contributed by atoms with Gasteiger partial charge in [-0.15, -0.1) is 11.3 Å². The van der Waals surface area contributed by atoms with Crippen molar-refractivity contribution in [1.82, 2.24) is 0 Å². The first-order valence-electron chi connectivity index (χ1n) is 4.56. The first-order chi connectivity index (χ1) is 6.59. The molecule has 0 unspecified atom stereocenters. The summed E-state index contributed by atoms with van der Waals surface area (Å²) in [6, 6.07) is 2.13. The van der Waals surface area contributed by atoms with Gasteiger partial charge < -0.3 is 5.11 Å².